The van der Waals surface area contributed by atoms with Gasteiger partial charge in [-0.25, -0.2) is 4.79 Å². The van der Waals surface area contributed by atoms with E-state index in [0.717, 1.165) is 42.9 Å². The van der Waals surface area contributed by atoms with Crippen molar-refractivity contribution in [2.45, 2.75) is 40.2 Å². The molecule has 7 heteroatoms. The van der Waals surface area contributed by atoms with Gasteiger partial charge in [0.2, 0.25) is 0 Å². The van der Waals surface area contributed by atoms with Crippen LogP contribution in [0.25, 0.3) is 0 Å². The van der Waals surface area contributed by atoms with Crippen LogP contribution in [-0.4, -0.2) is 41.6 Å². The van der Waals surface area contributed by atoms with Crippen LogP contribution in [-0.2, 0) is 16.1 Å². The smallest absolute Gasteiger partial charge is 0.338 e. The highest BCUT2D eigenvalue weighted by Gasteiger charge is 2.22. The second-order valence-electron chi connectivity index (χ2n) is 7.28. The lowest BCUT2D eigenvalue weighted by Crippen LogP contribution is -2.41. The van der Waals surface area contributed by atoms with E-state index in [9.17, 15) is 9.59 Å². The maximum absolute atomic E-state index is 12.2. The SMILES string of the molecule is Cc1noc(C)c1COc1ccc(C(=O)OCC(=O)N2CCC[C@H](C)C2)cc1. The third-order valence-corrected chi connectivity index (χ3v) is 4.99. The Bertz CT molecular complexity index is 808. The molecule has 1 saturated heterocycles. The highest BCUT2D eigenvalue weighted by Crippen LogP contribution is 2.19. The molecule has 3 rings (SSSR count). The molecule has 0 spiro atoms. The predicted molar refractivity (Wildman–Crippen MR) is 102 cm³/mol. The number of nitrogens with zero attached hydrogens (tertiary/aromatic N) is 2. The number of esters is 1. The average molecular weight is 386 g/mol. The summed E-state index contributed by atoms with van der Waals surface area (Å²) in [6, 6.07) is 6.64. The zero-order chi connectivity index (χ0) is 20.1. The second kappa shape index (κ2) is 8.91. The molecule has 1 aliphatic rings. The standard InChI is InChI=1S/C21H26N2O5/c1-14-5-4-10-23(11-14)20(24)13-27-21(25)17-6-8-18(9-7-17)26-12-19-15(2)22-28-16(19)3/h6-9,14H,4-5,10-13H2,1-3H3/t14-/m0/s1. The molecule has 0 unspecified atom stereocenters. The minimum Gasteiger partial charge on any atom is -0.489 e. The molecule has 1 amide bonds. The monoisotopic (exact) mass is 386 g/mol. The molecule has 1 aromatic carbocycles. The number of aromatic nitrogens is 1. The van der Waals surface area contributed by atoms with Crippen LogP contribution in [0.1, 0.15) is 47.1 Å². The highest BCUT2D eigenvalue weighted by molar-refractivity contribution is 5.91. The molecule has 0 N–H and O–H groups in total. The molecule has 0 bridgehead atoms. The molecule has 1 aliphatic heterocycles. The van der Waals surface area contributed by atoms with Crippen molar-refractivity contribution >= 4 is 11.9 Å². The van der Waals surface area contributed by atoms with Gasteiger partial charge in [0.15, 0.2) is 6.61 Å². The van der Waals surface area contributed by atoms with Crippen molar-refractivity contribution in [2.24, 2.45) is 5.92 Å². The summed E-state index contributed by atoms with van der Waals surface area (Å²) in [6.45, 7) is 7.40. The summed E-state index contributed by atoms with van der Waals surface area (Å²) in [7, 11) is 0. The van der Waals surface area contributed by atoms with Crippen molar-refractivity contribution < 1.29 is 23.6 Å². The lowest BCUT2D eigenvalue weighted by Gasteiger charge is -2.30. The van der Waals surface area contributed by atoms with E-state index in [0.29, 0.717) is 23.8 Å². The van der Waals surface area contributed by atoms with E-state index in [-0.39, 0.29) is 12.5 Å². The summed E-state index contributed by atoms with van der Waals surface area (Å²) < 4.78 is 16.0. The molecule has 1 aromatic heterocycles. The zero-order valence-electron chi connectivity index (χ0n) is 16.6. The molecule has 0 saturated carbocycles. The van der Waals surface area contributed by atoms with Crippen LogP contribution < -0.4 is 4.74 Å². The van der Waals surface area contributed by atoms with Gasteiger partial charge in [0.25, 0.3) is 5.91 Å². The van der Waals surface area contributed by atoms with Crippen LogP contribution in [0.2, 0.25) is 0 Å². The van der Waals surface area contributed by atoms with Crippen molar-refractivity contribution in [3.63, 3.8) is 0 Å². The van der Waals surface area contributed by atoms with E-state index in [1.54, 1.807) is 29.2 Å². The Kier molecular flexibility index (Phi) is 6.34. The first-order valence-corrected chi connectivity index (χ1v) is 9.53. The highest BCUT2D eigenvalue weighted by atomic mass is 16.5. The van der Waals surface area contributed by atoms with E-state index in [2.05, 4.69) is 12.1 Å². The van der Waals surface area contributed by atoms with Gasteiger partial charge >= 0.3 is 5.97 Å². The van der Waals surface area contributed by atoms with Gasteiger partial charge < -0.3 is 18.9 Å². The minimum atomic E-state index is -0.518. The minimum absolute atomic E-state index is 0.140. The summed E-state index contributed by atoms with van der Waals surface area (Å²) in [5.74, 6) is 1.18. The van der Waals surface area contributed by atoms with Crippen molar-refractivity contribution in [3.8, 4) is 5.75 Å². The number of aryl methyl sites for hydroxylation is 2. The van der Waals surface area contributed by atoms with Crippen LogP contribution in [0.4, 0.5) is 0 Å². The maximum atomic E-state index is 12.2. The Morgan fingerprint density at radius 3 is 2.64 bits per heavy atom. The molecule has 7 nitrogen and oxygen atoms in total. The van der Waals surface area contributed by atoms with Gasteiger partial charge in [-0.2, -0.15) is 0 Å². The number of carbonyl (C=O) groups excluding carboxylic acids is 2. The molecular formula is C21H26N2O5. The normalized spacial score (nSPS) is 16.7. The number of hydrogen-bond donors (Lipinski definition) is 0. The maximum Gasteiger partial charge on any atom is 0.338 e. The van der Waals surface area contributed by atoms with E-state index in [4.69, 9.17) is 14.0 Å². The fraction of sp³-hybridized carbons (Fsp3) is 0.476. The molecule has 2 aromatic rings. The first-order chi connectivity index (χ1) is 13.4. The number of likely N-dealkylation sites (tertiary alicyclic amines) is 1. The molecular weight excluding hydrogens is 360 g/mol. The van der Waals surface area contributed by atoms with Gasteiger partial charge in [0.05, 0.1) is 16.8 Å². The van der Waals surface area contributed by atoms with Gasteiger partial charge in [-0.1, -0.05) is 12.1 Å². The molecule has 0 radical (unpaired) electrons. The first-order valence-electron chi connectivity index (χ1n) is 9.53. The van der Waals surface area contributed by atoms with Crippen LogP contribution in [0.3, 0.4) is 0 Å². The molecule has 2 heterocycles. The van der Waals surface area contributed by atoms with Crippen molar-refractivity contribution in [1.82, 2.24) is 10.1 Å². The fourth-order valence-electron chi connectivity index (χ4n) is 3.27. The Balaban J connectivity index is 1.48. The number of amides is 1. The largest absolute Gasteiger partial charge is 0.489 e. The van der Waals surface area contributed by atoms with Crippen LogP contribution in [0.5, 0.6) is 5.75 Å². The number of benzene rings is 1. The summed E-state index contributed by atoms with van der Waals surface area (Å²) in [6.07, 6.45) is 2.13. The van der Waals surface area contributed by atoms with E-state index >= 15 is 0 Å². The second-order valence-corrected chi connectivity index (χ2v) is 7.28. The molecule has 1 atom stereocenters. The lowest BCUT2D eigenvalue weighted by molar-refractivity contribution is -0.136. The van der Waals surface area contributed by atoms with Gasteiger partial charge in [-0.3, -0.25) is 4.79 Å². The van der Waals surface area contributed by atoms with Gasteiger partial charge in [0.1, 0.15) is 18.1 Å². The Labute approximate surface area is 164 Å². The Morgan fingerprint density at radius 2 is 2.00 bits per heavy atom. The number of rotatable bonds is 6. The van der Waals surface area contributed by atoms with E-state index in [1.807, 2.05) is 13.8 Å². The topological polar surface area (TPSA) is 81.9 Å². The van der Waals surface area contributed by atoms with Gasteiger partial charge in [0, 0.05) is 13.1 Å². The van der Waals surface area contributed by atoms with Crippen molar-refractivity contribution in [3.05, 3.63) is 46.8 Å². The summed E-state index contributed by atoms with van der Waals surface area (Å²) >= 11 is 0. The van der Waals surface area contributed by atoms with Crippen LogP contribution >= 0.6 is 0 Å². The third kappa shape index (κ3) is 4.91. The molecule has 1 fully saturated rings. The third-order valence-electron chi connectivity index (χ3n) is 4.99. The molecule has 0 aliphatic carbocycles. The summed E-state index contributed by atoms with van der Waals surface area (Å²) in [4.78, 5) is 26.2. The van der Waals surface area contributed by atoms with E-state index < -0.39 is 5.97 Å². The Hall–Kier alpha value is -2.83. The first kappa shape index (κ1) is 19.9. The van der Waals surface area contributed by atoms with Gasteiger partial charge in [-0.05, 0) is 56.9 Å². The number of carbonyl (C=O) groups is 2. The zero-order valence-corrected chi connectivity index (χ0v) is 16.6. The average Bonchev–Trinajstić information content (AvgIpc) is 3.02. The van der Waals surface area contributed by atoms with Gasteiger partial charge in [-0.15, -0.1) is 0 Å². The van der Waals surface area contributed by atoms with Crippen molar-refractivity contribution in [1.29, 1.82) is 0 Å². The number of ether oxygens (including phenoxy) is 2. The quantitative estimate of drug-likeness (QED) is 0.709. The van der Waals surface area contributed by atoms with Crippen LogP contribution in [0.15, 0.2) is 28.8 Å². The summed E-state index contributed by atoms with van der Waals surface area (Å²) in [5.41, 5.74) is 2.09. The molecule has 28 heavy (non-hydrogen) atoms. The number of hydrogen-bond acceptors (Lipinski definition) is 6. The Morgan fingerprint density at radius 1 is 1.25 bits per heavy atom. The van der Waals surface area contributed by atoms with E-state index in [1.165, 1.54) is 0 Å². The predicted octanol–water partition coefficient (Wildman–Crippen LogP) is 3.29. The van der Waals surface area contributed by atoms with Crippen molar-refractivity contribution in [2.75, 3.05) is 19.7 Å². The van der Waals surface area contributed by atoms with Crippen LogP contribution in [0, 0.1) is 19.8 Å². The fourth-order valence-corrected chi connectivity index (χ4v) is 3.27. The number of piperidine rings is 1. The lowest BCUT2D eigenvalue weighted by atomic mass is 10.0. The summed E-state index contributed by atoms with van der Waals surface area (Å²) in [5, 5.41) is 3.89. The molecule has 150 valence electrons.